The van der Waals surface area contributed by atoms with Gasteiger partial charge in [0.1, 0.15) is 18.3 Å². The molecule has 0 aliphatic heterocycles. The Bertz CT molecular complexity index is 942. The number of aliphatic hydroxyl groups is 1. The molecule has 0 fully saturated rings. The Kier molecular flexibility index (Phi) is 9.43. The van der Waals surface area contributed by atoms with E-state index in [9.17, 15) is 38.5 Å². The van der Waals surface area contributed by atoms with Gasteiger partial charge >= 0.3 is 41.6 Å². The molecule has 0 rings (SSSR count). The van der Waals surface area contributed by atoms with Crippen molar-refractivity contribution in [3.05, 3.63) is 0 Å². The predicted octanol–water partition coefficient (Wildman–Crippen LogP) is -4.07. The molecule has 0 heterocycles. The van der Waals surface area contributed by atoms with Crippen LogP contribution in [0.2, 0.25) is 0 Å². The minimum atomic E-state index is -5.74. The first kappa shape index (κ1) is 27.1. The van der Waals surface area contributed by atoms with Crippen molar-refractivity contribution in [3.8, 4) is 0 Å². The first-order valence-corrected chi connectivity index (χ1v) is 11.4. The zero-order valence-electron chi connectivity index (χ0n) is 12.8. The second kappa shape index (κ2) is 9.74. The number of rotatable bonds is 13. The van der Waals surface area contributed by atoms with Crippen LogP contribution in [0.4, 0.5) is 0 Å². The highest BCUT2D eigenvalue weighted by atomic mass is 32.3. The van der Waals surface area contributed by atoms with Crippen molar-refractivity contribution in [2.75, 3.05) is 6.61 Å². The minimum Gasteiger partial charge on any atom is -0.394 e. The average Bonchev–Trinajstić information content (AvgIpc) is 2.42. The highest BCUT2D eigenvalue weighted by Crippen LogP contribution is 2.22. The Hall–Kier alpha value is -0.890. The summed E-state index contributed by atoms with van der Waals surface area (Å²) in [5.41, 5.74) is 0. The van der Waals surface area contributed by atoms with Gasteiger partial charge in [0.05, 0.1) is 6.61 Å². The third-order valence-corrected chi connectivity index (χ3v) is 4.16. The minimum absolute atomic E-state index is 0.661. The van der Waals surface area contributed by atoms with Gasteiger partial charge in [0, 0.05) is 0 Å². The predicted molar refractivity (Wildman–Crippen MR) is 78.8 cm³/mol. The van der Waals surface area contributed by atoms with Crippen LogP contribution in [-0.4, -0.2) is 94.3 Å². The van der Waals surface area contributed by atoms with Gasteiger partial charge in [0.2, 0.25) is 0 Å². The highest BCUT2D eigenvalue weighted by Gasteiger charge is 2.46. The summed E-state index contributed by atoms with van der Waals surface area (Å²) in [5.74, 6) is 0. The molecule has 0 spiro atoms. The summed E-state index contributed by atoms with van der Waals surface area (Å²) in [6, 6.07) is 0. The lowest BCUT2D eigenvalue weighted by atomic mass is 10.0. The molecule has 0 aliphatic carbocycles. The maximum absolute atomic E-state index is 11.0. The van der Waals surface area contributed by atoms with Gasteiger partial charge in [0.25, 0.3) is 0 Å². The fourth-order valence-corrected chi connectivity index (χ4v) is 3.48. The Labute approximate surface area is 157 Å². The molecule has 0 bridgehead atoms. The van der Waals surface area contributed by atoms with Gasteiger partial charge in [-0.25, -0.2) is 16.7 Å². The summed E-state index contributed by atoms with van der Waals surface area (Å²) in [6.07, 6.45) is -12.4. The van der Waals surface area contributed by atoms with Crippen LogP contribution >= 0.6 is 0 Å². The van der Waals surface area contributed by atoms with Crippen LogP contribution in [0.3, 0.4) is 0 Å². The van der Waals surface area contributed by atoms with Gasteiger partial charge in [-0.3, -0.25) is 18.2 Å². The first-order valence-electron chi connectivity index (χ1n) is 5.97. The standard InChI is InChI=1S/C6H12O18S4/c7-1-3(21-25(9,10)11)5(23-27(15,16)17)6(24-28(18,19)20)4(2-8)22-26(12,13)14/h1,3-6,8H,2H2,(H,9,10,11)(H,12,13,14)(H,15,16,17)(H,18,19,20)/t3-,4+,5+,6+/m0/s1. The Morgan fingerprint density at radius 3 is 1.29 bits per heavy atom. The number of hydrogen-bond donors (Lipinski definition) is 5. The molecule has 4 atom stereocenters. The molecule has 5 N–H and O–H groups in total. The lowest BCUT2D eigenvalue weighted by molar-refractivity contribution is -0.125. The molecule has 18 nitrogen and oxygen atoms in total. The van der Waals surface area contributed by atoms with E-state index >= 15 is 0 Å². The van der Waals surface area contributed by atoms with E-state index < -0.39 is 78.9 Å². The summed E-state index contributed by atoms with van der Waals surface area (Å²) in [6.45, 7) is -1.68. The number of hydrogen-bond acceptors (Lipinski definition) is 14. The second-order valence-electron chi connectivity index (χ2n) is 4.35. The molecule has 0 aliphatic rings. The summed E-state index contributed by atoms with van der Waals surface area (Å²) < 4.78 is 136. The highest BCUT2D eigenvalue weighted by molar-refractivity contribution is 7.81. The number of carbonyl (C=O) groups is 1. The van der Waals surface area contributed by atoms with E-state index in [1.165, 1.54) is 0 Å². The Morgan fingerprint density at radius 1 is 0.643 bits per heavy atom. The van der Waals surface area contributed by atoms with Crippen LogP contribution in [0.5, 0.6) is 0 Å². The van der Waals surface area contributed by atoms with Gasteiger partial charge in [-0.15, -0.1) is 0 Å². The molecular formula is C6H12O18S4. The van der Waals surface area contributed by atoms with Crippen LogP contribution in [-0.2, 0) is 63.1 Å². The second-order valence-corrected chi connectivity index (χ2v) is 8.54. The third-order valence-electron chi connectivity index (χ3n) is 2.27. The monoisotopic (exact) mass is 500 g/mol. The molecule has 0 saturated heterocycles. The Balaban J connectivity index is 6.51. The van der Waals surface area contributed by atoms with Crippen LogP contribution in [0, 0.1) is 0 Å². The van der Waals surface area contributed by atoms with E-state index in [2.05, 4.69) is 16.7 Å². The summed E-state index contributed by atoms with van der Waals surface area (Å²) in [7, 11) is -22.6. The molecular weight excluding hydrogens is 488 g/mol. The molecule has 0 amide bonds. The topological polar surface area (TPSA) is 292 Å². The average molecular weight is 500 g/mol. The zero-order chi connectivity index (χ0) is 22.6. The molecule has 0 unspecified atom stereocenters. The smallest absolute Gasteiger partial charge is 0.394 e. The number of aldehydes is 1. The van der Waals surface area contributed by atoms with E-state index in [0.717, 1.165) is 0 Å². The van der Waals surface area contributed by atoms with E-state index in [4.69, 9.17) is 23.3 Å². The van der Waals surface area contributed by atoms with E-state index in [1.54, 1.807) is 0 Å². The lowest BCUT2D eigenvalue weighted by Crippen LogP contribution is -2.53. The molecule has 0 aromatic heterocycles. The van der Waals surface area contributed by atoms with Crippen molar-refractivity contribution in [2.45, 2.75) is 24.4 Å². The van der Waals surface area contributed by atoms with Crippen molar-refractivity contribution >= 4 is 47.9 Å². The van der Waals surface area contributed by atoms with Crippen molar-refractivity contribution in [1.29, 1.82) is 0 Å². The van der Waals surface area contributed by atoms with E-state index in [-0.39, 0.29) is 0 Å². The van der Waals surface area contributed by atoms with Crippen LogP contribution in [0.25, 0.3) is 0 Å². The van der Waals surface area contributed by atoms with Gasteiger partial charge in [-0.1, -0.05) is 0 Å². The summed E-state index contributed by atoms with van der Waals surface area (Å²) in [5, 5.41) is 9.07. The van der Waals surface area contributed by atoms with Gasteiger partial charge in [-0.05, 0) is 0 Å². The number of aliphatic hydroxyl groups excluding tert-OH is 1. The number of carbonyl (C=O) groups excluding carboxylic acids is 1. The molecule has 168 valence electrons. The third kappa shape index (κ3) is 11.8. The fourth-order valence-electron chi connectivity index (χ4n) is 1.55. The van der Waals surface area contributed by atoms with E-state index in [0.29, 0.717) is 0 Å². The molecule has 0 aromatic rings. The van der Waals surface area contributed by atoms with Crippen LogP contribution in [0.15, 0.2) is 0 Å². The molecule has 28 heavy (non-hydrogen) atoms. The lowest BCUT2D eigenvalue weighted by Gasteiger charge is -2.30. The van der Waals surface area contributed by atoms with Crippen molar-refractivity contribution in [1.82, 2.24) is 0 Å². The maximum atomic E-state index is 11.0. The Morgan fingerprint density at radius 2 is 1.00 bits per heavy atom. The summed E-state index contributed by atoms with van der Waals surface area (Å²) >= 11 is 0. The maximum Gasteiger partial charge on any atom is 0.398 e. The quantitative estimate of drug-likeness (QED) is 0.119. The SMILES string of the molecule is O=C[C@H](OS(=O)(=O)O)[C@@H](OS(=O)(=O)O)[C@H](OS(=O)(=O)O)[C@@H](CO)OS(=O)(=O)O. The van der Waals surface area contributed by atoms with Gasteiger partial charge in [-0.2, -0.15) is 33.7 Å². The zero-order valence-corrected chi connectivity index (χ0v) is 16.0. The molecule has 0 aromatic carbocycles. The van der Waals surface area contributed by atoms with Crippen LogP contribution < -0.4 is 0 Å². The van der Waals surface area contributed by atoms with Crippen molar-refractivity contribution < 1.29 is 78.5 Å². The normalized spacial score (nSPS) is 18.2. The van der Waals surface area contributed by atoms with Gasteiger partial charge in [0.15, 0.2) is 12.4 Å². The molecule has 0 radical (unpaired) electrons. The van der Waals surface area contributed by atoms with Crippen LogP contribution in [0.1, 0.15) is 0 Å². The van der Waals surface area contributed by atoms with Crippen molar-refractivity contribution in [2.24, 2.45) is 0 Å². The molecule has 22 heteroatoms. The van der Waals surface area contributed by atoms with Crippen molar-refractivity contribution in [3.63, 3.8) is 0 Å². The largest absolute Gasteiger partial charge is 0.398 e. The first-order chi connectivity index (χ1) is 12.3. The fraction of sp³-hybridized carbons (Fsp3) is 0.833. The summed E-state index contributed by atoms with van der Waals surface area (Å²) in [4.78, 5) is 11.0. The molecule has 0 saturated carbocycles. The van der Waals surface area contributed by atoms with Gasteiger partial charge < -0.3 is 9.90 Å². The van der Waals surface area contributed by atoms with E-state index in [1.807, 2.05) is 0 Å².